The van der Waals surface area contributed by atoms with Gasteiger partial charge in [0, 0.05) is 31.8 Å². The smallest absolute Gasteiger partial charge is 0.226 e. The Morgan fingerprint density at radius 2 is 1.96 bits per heavy atom. The summed E-state index contributed by atoms with van der Waals surface area (Å²) in [5.74, 6) is 0.386. The van der Waals surface area contributed by atoms with Crippen LogP contribution in [0.3, 0.4) is 0 Å². The predicted octanol–water partition coefficient (Wildman–Crippen LogP) is 1.42. The van der Waals surface area contributed by atoms with Gasteiger partial charge in [0.05, 0.1) is 0 Å². The Bertz CT molecular complexity index is 583. The minimum Gasteiger partial charge on any atom is -0.352 e. The molecule has 1 aromatic rings. The standard InChI is InChI=1S/C16H25N5O2S/c1-2-3-15-19-20-16(24-15)18-14(23)5-4-13(22)17-12-10-21-8-6-11(12)7-9-21/h11-12H,2-10H2,1H3,(H,17,22)(H,18,20,23). The number of hydrogen-bond acceptors (Lipinski definition) is 6. The van der Waals surface area contributed by atoms with Gasteiger partial charge in [-0.25, -0.2) is 0 Å². The molecule has 3 saturated heterocycles. The number of carbonyl (C=O) groups is 2. The van der Waals surface area contributed by atoms with Crippen LogP contribution in [0.4, 0.5) is 5.13 Å². The van der Waals surface area contributed by atoms with Crippen LogP contribution in [0.1, 0.15) is 44.0 Å². The minimum atomic E-state index is -0.182. The number of piperidine rings is 3. The molecule has 4 heterocycles. The van der Waals surface area contributed by atoms with Crippen molar-refractivity contribution < 1.29 is 9.59 Å². The van der Waals surface area contributed by atoms with Crippen molar-refractivity contribution in [1.29, 1.82) is 0 Å². The van der Waals surface area contributed by atoms with Crippen LogP contribution in [0.5, 0.6) is 0 Å². The van der Waals surface area contributed by atoms with E-state index >= 15 is 0 Å². The molecular formula is C16H25N5O2S. The number of hydrogen-bond donors (Lipinski definition) is 2. The van der Waals surface area contributed by atoms with Crippen molar-refractivity contribution in [3.8, 4) is 0 Å². The Balaban J connectivity index is 1.38. The summed E-state index contributed by atoms with van der Waals surface area (Å²) < 4.78 is 0. The van der Waals surface area contributed by atoms with Crippen LogP contribution in [0.15, 0.2) is 0 Å². The van der Waals surface area contributed by atoms with E-state index in [2.05, 4.69) is 32.7 Å². The molecule has 0 saturated carbocycles. The zero-order valence-corrected chi connectivity index (χ0v) is 14.9. The van der Waals surface area contributed by atoms with Crippen LogP contribution in [0, 0.1) is 5.92 Å². The molecule has 132 valence electrons. The molecule has 2 N–H and O–H groups in total. The Labute approximate surface area is 146 Å². The molecule has 3 aliphatic heterocycles. The number of carbonyl (C=O) groups excluding carboxylic acids is 2. The number of aromatic nitrogens is 2. The van der Waals surface area contributed by atoms with Gasteiger partial charge in [-0.3, -0.25) is 9.59 Å². The second-order valence-corrected chi connectivity index (χ2v) is 7.67. The van der Waals surface area contributed by atoms with Gasteiger partial charge in [-0.05, 0) is 38.3 Å². The molecule has 2 amide bonds. The molecule has 1 aromatic heterocycles. The van der Waals surface area contributed by atoms with Gasteiger partial charge in [0.2, 0.25) is 16.9 Å². The maximum Gasteiger partial charge on any atom is 0.226 e. The summed E-state index contributed by atoms with van der Waals surface area (Å²) in [6.45, 7) is 5.34. The van der Waals surface area contributed by atoms with E-state index in [1.807, 2.05) is 0 Å². The lowest BCUT2D eigenvalue weighted by Gasteiger charge is -2.44. The second-order valence-electron chi connectivity index (χ2n) is 6.61. The van der Waals surface area contributed by atoms with Crippen molar-refractivity contribution in [3.63, 3.8) is 0 Å². The van der Waals surface area contributed by atoms with E-state index in [-0.39, 0.29) is 30.7 Å². The SMILES string of the molecule is CCCc1nnc(NC(=O)CCC(=O)NC2CN3CCC2CC3)s1. The quantitative estimate of drug-likeness (QED) is 0.776. The molecule has 24 heavy (non-hydrogen) atoms. The molecule has 4 rings (SSSR count). The lowest BCUT2D eigenvalue weighted by molar-refractivity contribution is -0.125. The van der Waals surface area contributed by atoms with Gasteiger partial charge < -0.3 is 15.5 Å². The highest BCUT2D eigenvalue weighted by Gasteiger charge is 2.34. The van der Waals surface area contributed by atoms with Crippen molar-refractivity contribution >= 4 is 28.3 Å². The maximum atomic E-state index is 12.1. The first kappa shape index (κ1) is 17.3. The molecule has 8 heteroatoms. The van der Waals surface area contributed by atoms with Crippen molar-refractivity contribution in [2.45, 2.75) is 51.5 Å². The third-order valence-electron chi connectivity index (χ3n) is 4.76. The van der Waals surface area contributed by atoms with E-state index in [1.54, 1.807) is 0 Å². The van der Waals surface area contributed by atoms with E-state index in [1.165, 1.54) is 24.2 Å². The van der Waals surface area contributed by atoms with Crippen LogP contribution in [-0.4, -0.2) is 52.6 Å². The maximum absolute atomic E-state index is 12.1. The van der Waals surface area contributed by atoms with E-state index in [0.717, 1.165) is 37.5 Å². The van der Waals surface area contributed by atoms with Crippen LogP contribution in [0.2, 0.25) is 0 Å². The number of amides is 2. The fraction of sp³-hybridized carbons (Fsp3) is 0.750. The zero-order valence-electron chi connectivity index (χ0n) is 14.1. The second kappa shape index (κ2) is 8.02. The third-order valence-corrected chi connectivity index (χ3v) is 5.66. The Kier molecular flexibility index (Phi) is 5.78. The normalized spacial score (nSPS) is 25.5. The fourth-order valence-electron chi connectivity index (χ4n) is 3.44. The lowest BCUT2D eigenvalue weighted by atomic mass is 9.84. The van der Waals surface area contributed by atoms with Gasteiger partial charge in [0.25, 0.3) is 0 Å². The fourth-order valence-corrected chi connectivity index (χ4v) is 4.29. The predicted molar refractivity (Wildman–Crippen MR) is 92.9 cm³/mol. The lowest BCUT2D eigenvalue weighted by Crippen LogP contribution is -2.57. The van der Waals surface area contributed by atoms with Gasteiger partial charge in [-0.2, -0.15) is 0 Å². The third kappa shape index (κ3) is 4.51. The molecule has 0 aromatic carbocycles. The highest BCUT2D eigenvalue weighted by Crippen LogP contribution is 2.27. The van der Waals surface area contributed by atoms with E-state index in [9.17, 15) is 9.59 Å². The van der Waals surface area contributed by atoms with Gasteiger partial charge in [-0.15, -0.1) is 10.2 Å². The summed E-state index contributed by atoms with van der Waals surface area (Å²) in [5.41, 5.74) is 0. The summed E-state index contributed by atoms with van der Waals surface area (Å²) in [7, 11) is 0. The zero-order chi connectivity index (χ0) is 16.9. The number of anilines is 1. The van der Waals surface area contributed by atoms with Crippen LogP contribution < -0.4 is 10.6 Å². The molecule has 0 spiro atoms. The number of aryl methyl sites for hydroxylation is 1. The van der Waals surface area contributed by atoms with Gasteiger partial charge in [0.15, 0.2) is 0 Å². The molecule has 0 radical (unpaired) electrons. The summed E-state index contributed by atoms with van der Waals surface area (Å²) in [6, 6.07) is 0.253. The molecule has 3 aliphatic rings. The first-order valence-corrected chi connectivity index (χ1v) is 9.59. The monoisotopic (exact) mass is 351 g/mol. The van der Waals surface area contributed by atoms with Gasteiger partial charge in [-0.1, -0.05) is 18.3 Å². The van der Waals surface area contributed by atoms with Gasteiger partial charge in [0.1, 0.15) is 5.01 Å². The Morgan fingerprint density at radius 3 is 2.62 bits per heavy atom. The van der Waals surface area contributed by atoms with Crippen molar-refractivity contribution in [2.24, 2.45) is 5.92 Å². The summed E-state index contributed by atoms with van der Waals surface area (Å²) in [5, 5.41) is 15.2. The molecule has 2 bridgehead atoms. The average Bonchev–Trinajstić information content (AvgIpc) is 3.01. The highest BCUT2D eigenvalue weighted by atomic mass is 32.1. The van der Waals surface area contributed by atoms with Gasteiger partial charge >= 0.3 is 0 Å². The van der Waals surface area contributed by atoms with E-state index < -0.39 is 0 Å². The summed E-state index contributed by atoms with van der Waals surface area (Å²) in [6.07, 6.45) is 4.61. The number of fused-ring (bicyclic) bond motifs is 3. The van der Waals surface area contributed by atoms with Crippen LogP contribution >= 0.6 is 11.3 Å². The van der Waals surface area contributed by atoms with Crippen molar-refractivity contribution in [3.05, 3.63) is 5.01 Å². The molecule has 0 aliphatic carbocycles. The number of nitrogens with one attached hydrogen (secondary N) is 2. The average molecular weight is 351 g/mol. The molecule has 1 atom stereocenters. The Morgan fingerprint density at radius 1 is 1.21 bits per heavy atom. The van der Waals surface area contributed by atoms with E-state index in [4.69, 9.17) is 0 Å². The summed E-state index contributed by atoms with van der Waals surface area (Å²) >= 11 is 1.40. The highest BCUT2D eigenvalue weighted by molar-refractivity contribution is 7.15. The number of nitrogens with zero attached hydrogens (tertiary/aromatic N) is 3. The molecule has 3 fully saturated rings. The molecule has 7 nitrogen and oxygen atoms in total. The summed E-state index contributed by atoms with van der Waals surface area (Å²) in [4.78, 5) is 26.4. The Hall–Kier alpha value is -1.54. The topological polar surface area (TPSA) is 87.2 Å². The molecule has 1 unspecified atom stereocenters. The van der Waals surface area contributed by atoms with Crippen molar-refractivity contribution in [2.75, 3.05) is 25.0 Å². The van der Waals surface area contributed by atoms with Crippen LogP contribution in [0.25, 0.3) is 0 Å². The molecular weight excluding hydrogens is 326 g/mol. The largest absolute Gasteiger partial charge is 0.352 e. The first-order chi connectivity index (χ1) is 11.6. The van der Waals surface area contributed by atoms with E-state index in [0.29, 0.717) is 11.0 Å². The minimum absolute atomic E-state index is 0.0344. The van der Waals surface area contributed by atoms with Crippen molar-refractivity contribution in [1.82, 2.24) is 20.4 Å². The first-order valence-electron chi connectivity index (χ1n) is 8.78. The van der Waals surface area contributed by atoms with Crippen LogP contribution in [-0.2, 0) is 16.0 Å². The number of rotatable bonds is 7.